The molecule has 0 atom stereocenters. The molecule has 0 unspecified atom stereocenters. The van der Waals surface area contributed by atoms with Gasteiger partial charge in [0.05, 0.1) is 6.20 Å². The summed E-state index contributed by atoms with van der Waals surface area (Å²) in [5, 5.41) is 20.5. The maximum atomic E-state index is 11.0. The SMILES string of the molecule is O=C(O)c1ccnnc1NCCc1ccc(Cl)cc1Cl. The summed E-state index contributed by atoms with van der Waals surface area (Å²) < 4.78 is 0. The molecule has 5 nitrogen and oxygen atoms in total. The third-order valence-electron chi connectivity index (χ3n) is 2.65. The molecule has 20 heavy (non-hydrogen) atoms. The van der Waals surface area contributed by atoms with Gasteiger partial charge in [-0.05, 0) is 30.2 Å². The Balaban J connectivity index is 2.01. The first-order chi connectivity index (χ1) is 9.58. The number of aromatic carboxylic acids is 1. The van der Waals surface area contributed by atoms with Crippen LogP contribution >= 0.6 is 23.2 Å². The number of hydrogen-bond donors (Lipinski definition) is 2. The molecule has 2 rings (SSSR count). The van der Waals surface area contributed by atoms with Crippen LogP contribution in [-0.2, 0) is 6.42 Å². The fourth-order valence-corrected chi connectivity index (χ4v) is 2.18. The van der Waals surface area contributed by atoms with E-state index in [1.807, 2.05) is 6.07 Å². The van der Waals surface area contributed by atoms with E-state index in [0.29, 0.717) is 23.0 Å². The van der Waals surface area contributed by atoms with Crippen LogP contribution in [0.25, 0.3) is 0 Å². The number of nitrogens with one attached hydrogen (secondary N) is 1. The highest BCUT2D eigenvalue weighted by atomic mass is 35.5. The molecule has 0 saturated heterocycles. The minimum Gasteiger partial charge on any atom is -0.478 e. The van der Waals surface area contributed by atoms with Gasteiger partial charge in [0.1, 0.15) is 5.56 Å². The lowest BCUT2D eigenvalue weighted by atomic mass is 10.1. The van der Waals surface area contributed by atoms with Gasteiger partial charge in [-0.1, -0.05) is 29.3 Å². The number of rotatable bonds is 5. The zero-order chi connectivity index (χ0) is 14.5. The van der Waals surface area contributed by atoms with Crippen molar-refractivity contribution in [3.8, 4) is 0 Å². The maximum Gasteiger partial charge on any atom is 0.339 e. The van der Waals surface area contributed by atoms with Gasteiger partial charge in [0, 0.05) is 16.6 Å². The predicted octanol–water partition coefficient (Wildman–Crippen LogP) is 3.14. The second-order valence-electron chi connectivity index (χ2n) is 4.01. The average Bonchev–Trinajstić information content (AvgIpc) is 2.41. The van der Waals surface area contributed by atoms with Crippen LogP contribution in [0.3, 0.4) is 0 Å². The lowest BCUT2D eigenvalue weighted by molar-refractivity contribution is 0.0697. The lowest BCUT2D eigenvalue weighted by Gasteiger charge is -2.08. The van der Waals surface area contributed by atoms with Gasteiger partial charge in [-0.25, -0.2) is 4.79 Å². The van der Waals surface area contributed by atoms with Crippen molar-refractivity contribution in [3.63, 3.8) is 0 Å². The van der Waals surface area contributed by atoms with Crippen molar-refractivity contribution in [2.75, 3.05) is 11.9 Å². The van der Waals surface area contributed by atoms with Gasteiger partial charge in [0.15, 0.2) is 5.82 Å². The maximum absolute atomic E-state index is 11.0. The molecule has 0 amide bonds. The van der Waals surface area contributed by atoms with Crippen molar-refractivity contribution in [2.24, 2.45) is 0 Å². The molecule has 1 heterocycles. The molecule has 2 aromatic rings. The molecule has 0 fully saturated rings. The van der Waals surface area contributed by atoms with Crippen LogP contribution in [-0.4, -0.2) is 27.8 Å². The van der Waals surface area contributed by atoms with E-state index >= 15 is 0 Å². The van der Waals surface area contributed by atoms with Crippen molar-refractivity contribution in [1.82, 2.24) is 10.2 Å². The minimum atomic E-state index is -1.05. The summed E-state index contributed by atoms with van der Waals surface area (Å²) in [6.07, 6.45) is 1.95. The third-order valence-corrected chi connectivity index (χ3v) is 3.24. The highest BCUT2D eigenvalue weighted by molar-refractivity contribution is 6.35. The molecule has 2 N–H and O–H groups in total. The molecule has 0 spiro atoms. The van der Waals surface area contributed by atoms with E-state index in [2.05, 4.69) is 15.5 Å². The number of carbonyl (C=O) groups is 1. The van der Waals surface area contributed by atoms with Gasteiger partial charge in [-0.15, -0.1) is 5.10 Å². The monoisotopic (exact) mass is 311 g/mol. The molecule has 104 valence electrons. The van der Waals surface area contributed by atoms with Gasteiger partial charge in [-0.2, -0.15) is 5.10 Å². The normalized spacial score (nSPS) is 10.3. The number of halogens is 2. The van der Waals surface area contributed by atoms with Crippen LogP contribution in [0, 0.1) is 0 Å². The zero-order valence-corrected chi connectivity index (χ0v) is 11.8. The molecule has 0 saturated carbocycles. The van der Waals surface area contributed by atoms with E-state index in [4.69, 9.17) is 28.3 Å². The first-order valence-corrected chi connectivity index (χ1v) is 6.56. The lowest BCUT2D eigenvalue weighted by Crippen LogP contribution is -2.12. The Bertz CT molecular complexity index is 635. The van der Waals surface area contributed by atoms with E-state index in [-0.39, 0.29) is 11.4 Å². The molecular weight excluding hydrogens is 301 g/mol. The number of anilines is 1. The number of aromatic nitrogens is 2. The highest BCUT2D eigenvalue weighted by Crippen LogP contribution is 2.21. The summed E-state index contributed by atoms with van der Waals surface area (Å²) in [6, 6.07) is 6.66. The van der Waals surface area contributed by atoms with Crippen LogP contribution in [0.15, 0.2) is 30.5 Å². The average molecular weight is 312 g/mol. The summed E-state index contributed by atoms with van der Waals surface area (Å²) in [4.78, 5) is 11.0. The van der Waals surface area contributed by atoms with Crippen molar-refractivity contribution < 1.29 is 9.90 Å². The van der Waals surface area contributed by atoms with E-state index in [0.717, 1.165) is 5.56 Å². The Hall–Kier alpha value is -1.85. The molecule has 1 aromatic carbocycles. The molecule has 0 bridgehead atoms. The fraction of sp³-hybridized carbons (Fsp3) is 0.154. The molecule has 7 heteroatoms. The second-order valence-corrected chi connectivity index (χ2v) is 4.85. The largest absolute Gasteiger partial charge is 0.478 e. The first kappa shape index (κ1) is 14.6. The Morgan fingerprint density at radius 2 is 2.10 bits per heavy atom. The highest BCUT2D eigenvalue weighted by Gasteiger charge is 2.10. The van der Waals surface area contributed by atoms with Gasteiger partial charge >= 0.3 is 5.97 Å². The fourth-order valence-electron chi connectivity index (χ4n) is 1.67. The van der Waals surface area contributed by atoms with Crippen LogP contribution in [0.1, 0.15) is 15.9 Å². The quantitative estimate of drug-likeness (QED) is 0.887. The summed E-state index contributed by atoms with van der Waals surface area (Å²) in [6.45, 7) is 0.486. The minimum absolute atomic E-state index is 0.0854. The molecule has 0 radical (unpaired) electrons. The van der Waals surface area contributed by atoms with E-state index in [9.17, 15) is 4.79 Å². The Labute approximate surface area is 125 Å². The van der Waals surface area contributed by atoms with Crippen LogP contribution in [0.5, 0.6) is 0 Å². The Morgan fingerprint density at radius 3 is 2.80 bits per heavy atom. The first-order valence-electron chi connectivity index (χ1n) is 5.80. The summed E-state index contributed by atoms with van der Waals surface area (Å²) in [5.41, 5.74) is 1.01. The zero-order valence-electron chi connectivity index (χ0n) is 10.3. The van der Waals surface area contributed by atoms with Crippen molar-refractivity contribution in [3.05, 3.63) is 51.6 Å². The number of nitrogens with zero attached hydrogens (tertiary/aromatic N) is 2. The molecule has 0 aliphatic carbocycles. The Kier molecular flexibility index (Phi) is 4.76. The summed E-state index contributed by atoms with van der Waals surface area (Å²) >= 11 is 11.9. The van der Waals surface area contributed by atoms with E-state index in [1.54, 1.807) is 12.1 Å². The predicted molar refractivity (Wildman–Crippen MR) is 77.6 cm³/mol. The summed E-state index contributed by atoms with van der Waals surface area (Å²) in [7, 11) is 0. The van der Waals surface area contributed by atoms with Crippen molar-refractivity contribution >= 4 is 35.0 Å². The molecular formula is C13H11Cl2N3O2. The molecule has 0 aliphatic heterocycles. The second kappa shape index (κ2) is 6.54. The van der Waals surface area contributed by atoms with Crippen LogP contribution in [0.2, 0.25) is 10.0 Å². The van der Waals surface area contributed by atoms with Crippen LogP contribution in [0.4, 0.5) is 5.82 Å². The standard InChI is InChI=1S/C13H11Cl2N3O2/c14-9-2-1-8(11(15)7-9)3-5-16-12-10(13(19)20)4-6-17-18-12/h1-2,4,6-7H,3,5H2,(H,16,18)(H,19,20). The van der Waals surface area contributed by atoms with E-state index in [1.165, 1.54) is 12.3 Å². The van der Waals surface area contributed by atoms with Crippen molar-refractivity contribution in [2.45, 2.75) is 6.42 Å². The third kappa shape index (κ3) is 3.59. The number of carboxylic acid groups (broad SMARTS) is 1. The summed E-state index contributed by atoms with van der Waals surface area (Å²) in [5.74, 6) is -0.808. The van der Waals surface area contributed by atoms with Crippen LogP contribution < -0.4 is 5.32 Å². The molecule has 1 aromatic heterocycles. The number of carboxylic acids is 1. The van der Waals surface area contributed by atoms with Crippen molar-refractivity contribution in [1.29, 1.82) is 0 Å². The molecule has 0 aliphatic rings. The smallest absolute Gasteiger partial charge is 0.339 e. The van der Waals surface area contributed by atoms with Gasteiger partial charge in [-0.3, -0.25) is 0 Å². The van der Waals surface area contributed by atoms with Gasteiger partial charge < -0.3 is 10.4 Å². The number of hydrogen-bond acceptors (Lipinski definition) is 4. The topological polar surface area (TPSA) is 75.1 Å². The Morgan fingerprint density at radius 1 is 1.30 bits per heavy atom. The van der Waals surface area contributed by atoms with Gasteiger partial charge in [0.2, 0.25) is 0 Å². The number of benzene rings is 1. The van der Waals surface area contributed by atoms with Gasteiger partial charge in [0.25, 0.3) is 0 Å². The van der Waals surface area contributed by atoms with E-state index < -0.39 is 5.97 Å².